The van der Waals surface area contributed by atoms with Gasteiger partial charge >= 0.3 is 0 Å². The van der Waals surface area contributed by atoms with Gasteiger partial charge in [0.2, 0.25) is 0 Å². The summed E-state index contributed by atoms with van der Waals surface area (Å²) < 4.78 is 41.2. The summed E-state index contributed by atoms with van der Waals surface area (Å²) >= 11 is 0. The predicted molar refractivity (Wildman–Crippen MR) is 136 cm³/mol. The molecule has 0 unspecified atom stereocenters. The van der Waals surface area contributed by atoms with Crippen molar-refractivity contribution >= 4 is 21.4 Å². The third kappa shape index (κ3) is 7.86. The maximum absolute atomic E-state index is 13.8. The van der Waals surface area contributed by atoms with Crippen LogP contribution in [-0.4, -0.2) is 98.7 Å². The molecule has 180 valence electrons. The molecular weight excluding hydrogens is 435 g/mol. The lowest BCUT2D eigenvalue weighted by Crippen LogP contribution is -2.61. The first-order valence-electron chi connectivity index (χ1n) is 12.0. The van der Waals surface area contributed by atoms with E-state index in [0.29, 0.717) is 62.1 Å². The molecule has 0 aromatic carbocycles. The minimum atomic E-state index is -2.40. The lowest BCUT2D eigenvalue weighted by atomic mass is 10.0. The van der Waals surface area contributed by atoms with Crippen LogP contribution in [0.25, 0.3) is 0 Å². The summed E-state index contributed by atoms with van der Waals surface area (Å²) in [6.07, 6.45) is 5.68. The van der Waals surface area contributed by atoms with Crippen molar-refractivity contribution in [1.29, 1.82) is 0 Å². The van der Waals surface area contributed by atoms with Gasteiger partial charge in [0.05, 0.1) is 20.6 Å². The molecular formula is C21H48N3O3P3. The highest BCUT2D eigenvalue weighted by atomic mass is 31.2. The molecule has 2 N–H and O–H groups in total. The second-order valence-corrected chi connectivity index (χ2v) is 20.0. The van der Waals surface area contributed by atoms with E-state index in [1.807, 2.05) is 41.5 Å². The summed E-state index contributed by atoms with van der Waals surface area (Å²) in [5, 5.41) is 7.04. The zero-order valence-electron chi connectivity index (χ0n) is 20.4. The summed E-state index contributed by atoms with van der Waals surface area (Å²) in [7, 11) is -7.16. The Morgan fingerprint density at radius 2 is 1.10 bits per heavy atom. The molecule has 0 aromatic rings. The highest BCUT2D eigenvalue weighted by molar-refractivity contribution is 7.65. The van der Waals surface area contributed by atoms with E-state index in [4.69, 9.17) is 0 Å². The molecule has 6 nitrogen and oxygen atoms in total. The van der Waals surface area contributed by atoms with Gasteiger partial charge in [-0.15, -0.1) is 0 Å². The molecule has 1 aliphatic rings. The Kier molecular flexibility index (Phi) is 12.1. The molecule has 0 aliphatic carbocycles. The van der Waals surface area contributed by atoms with E-state index in [9.17, 15) is 13.7 Å². The van der Waals surface area contributed by atoms with Gasteiger partial charge in [-0.05, 0) is 37.0 Å². The molecule has 9 heteroatoms. The maximum Gasteiger partial charge on any atom is 0.100 e. The lowest BCUT2D eigenvalue weighted by molar-refractivity contribution is 0.151. The van der Waals surface area contributed by atoms with Gasteiger partial charge < -0.3 is 24.3 Å². The van der Waals surface area contributed by atoms with E-state index in [2.05, 4.69) is 15.5 Å². The smallest absolute Gasteiger partial charge is 0.100 e. The molecule has 1 rings (SSSR count). The monoisotopic (exact) mass is 483 g/mol. The Bertz CT molecular complexity index is 605. The van der Waals surface area contributed by atoms with Crippen LogP contribution < -0.4 is 10.6 Å². The fourth-order valence-electron chi connectivity index (χ4n) is 4.47. The Labute approximate surface area is 186 Å². The fraction of sp³-hybridized carbons (Fsp3) is 1.00. The van der Waals surface area contributed by atoms with E-state index in [1.165, 1.54) is 0 Å². The zero-order chi connectivity index (χ0) is 22.9. The van der Waals surface area contributed by atoms with Gasteiger partial charge in [0.1, 0.15) is 7.14 Å². The molecule has 1 heterocycles. The topological polar surface area (TPSA) is 78.5 Å². The van der Waals surface area contributed by atoms with Gasteiger partial charge in [-0.3, -0.25) is 4.90 Å². The zero-order valence-corrected chi connectivity index (χ0v) is 23.1. The van der Waals surface area contributed by atoms with Crippen LogP contribution in [0.1, 0.15) is 41.5 Å². The van der Waals surface area contributed by atoms with Gasteiger partial charge in [0.25, 0.3) is 0 Å². The third-order valence-electron chi connectivity index (χ3n) is 7.21. The summed E-state index contributed by atoms with van der Waals surface area (Å²) in [6, 6.07) is 0. The molecule has 1 saturated heterocycles. The van der Waals surface area contributed by atoms with E-state index in [0.717, 1.165) is 26.2 Å². The minimum Gasteiger partial charge on any atom is -0.324 e. The summed E-state index contributed by atoms with van der Waals surface area (Å²) in [4.78, 5) is 2.35. The Hall–Kier alpha value is 0.570. The Morgan fingerprint density at radius 1 is 0.667 bits per heavy atom. The summed E-state index contributed by atoms with van der Waals surface area (Å²) in [5.74, 6) is 0. The molecule has 1 fully saturated rings. The van der Waals surface area contributed by atoms with Crippen molar-refractivity contribution in [2.75, 3.05) is 88.3 Å². The van der Waals surface area contributed by atoms with Crippen molar-refractivity contribution in [1.82, 2.24) is 15.5 Å². The van der Waals surface area contributed by atoms with E-state index in [-0.39, 0.29) is 0 Å². The number of rotatable bonds is 12. The van der Waals surface area contributed by atoms with Gasteiger partial charge in [0, 0.05) is 50.6 Å². The van der Waals surface area contributed by atoms with Gasteiger partial charge in [-0.25, -0.2) is 0 Å². The van der Waals surface area contributed by atoms with Crippen LogP contribution in [0.15, 0.2) is 0 Å². The van der Waals surface area contributed by atoms with Crippen molar-refractivity contribution in [2.24, 2.45) is 0 Å². The molecule has 0 atom stereocenters. The number of nitrogens with one attached hydrogen (secondary N) is 2. The highest BCUT2D eigenvalue weighted by Gasteiger charge is 2.46. The standard InChI is InChI=1S/C21H48N3O3P3/c1-7-28(25,8-2)18-21(19-29(26,9-3)10-4)17-23-14-13-22-15-16-24(21)20-30(27,11-5)12-6/h22-23H,7-20H2,1-6H3. The maximum atomic E-state index is 13.8. The first-order chi connectivity index (χ1) is 14.1. The highest BCUT2D eigenvalue weighted by Crippen LogP contribution is 2.56. The average molecular weight is 484 g/mol. The Balaban J connectivity index is 3.58. The number of hydrogen-bond acceptors (Lipinski definition) is 6. The fourth-order valence-corrected chi connectivity index (χ4v) is 11.3. The van der Waals surface area contributed by atoms with E-state index in [1.54, 1.807) is 0 Å². The van der Waals surface area contributed by atoms with Crippen LogP contribution in [-0.2, 0) is 13.7 Å². The van der Waals surface area contributed by atoms with Crippen LogP contribution in [0.4, 0.5) is 0 Å². The third-order valence-corrected chi connectivity index (χ3v) is 17.3. The van der Waals surface area contributed by atoms with Crippen LogP contribution >= 0.6 is 21.4 Å². The van der Waals surface area contributed by atoms with Gasteiger partial charge in [-0.1, -0.05) is 41.5 Å². The Morgan fingerprint density at radius 3 is 1.53 bits per heavy atom. The first kappa shape index (κ1) is 28.6. The van der Waals surface area contributed by atoms with Gasteiger partial charge in [-0.2, -0.15) is 0 Å². The van der Waals surface area contributed by atoms with E-state index < -0.39 is 27.0 Å². The largest absolute Gasteiger partial charge is 0.324 e. The van der Waals surface area contributed by atoms with Crippen LogP contribution in [0, 0.1) is 0 Å². The summed E-state index contributed by atoms with van der Waals surface area (Å²) in [6.45, 7) is 16.1. The molecule has 0 amide bonds. The second kappa shape index (κ2) is 12.7. The second-order valence-electron chi connectivity index (χ2n) is 8.94. The lowest BCUT2D eigenvalue weighted by Gasteiger charge is -2.48. The quantitative estimate of drug-likeness (QED) is 0.401. The van der Waals surface area contributed by atoms with Crippen molar-refractivity contribution in [2.45, 2.75) is 47.1 Å². The number of nitrogens with zero attached hydrogens (tertiary/aromatic N) is 1. The van der Waals surface area contributed by atoms with Crippen LogP contribution in [0.5, 0.6) is 0 Å². The normalized spacial score (nSPS) is 19.8. The van der Waals surface area contributed by atoms with Crippen molar-refractivity contribution in [3.63, 3.8) is 0 Å². The molecule has 0 spiro atoms. The predicted octanol–water partition coefficient (Wildman–Crippen LogP) is 4.39. The van der Waals surface area contributed by atoms with Crippen LogP contribution in [0.3, 0.4) is 0 Å². The summed E-state index contributed by atoms with van der Waals surface area (Å²) in [5.41, 5.74) is -0.477. The van der Waals surface area contributed by atoms with Gasteiger partial charge in [0.15, 0.2) is 0 Å². The first-order valence-corrected chi connectivity index (χ1v) is 18.8. The molecule has 1 aliphatic heterocycles. The van der Waals surface area contributed by atoms with Crippen LogP contribution in [0.2, 0.25) is 0 Å². The number of hydrogen-bond donors (Lipinski definition) is 2. The molecule has 0 bridgehead atoms. The molecule has 0 saturated carbocycles. The average Bonchev–Trinajstić information content (AvgIpc) is 2.85. The van der Waals surface area contributed by atoms with Crippen molar-refractivity contribution in [3.8, 4) is 0 Å². The molecule has 0 aromatic heterocycles. The SMILES string of the molecule is CCP(=O)(CC)CN1CCNCCNCC1(CP(=O)(CC)CC)CP(=O)(CC)CC. The molecule has 30 heavy (non-hydrogen) atoms. The van der Waals surface area contributed by atoms with Crippen molar-refractivity contribution in [3.05, 3.63) is 0 Å². The minimum absolute atomic E-state index is 0.477. The molecule has 0 radical (unpaired) electrons. The van der Waals surface area contributed by atoms with Crippen molar-refractivity contribution < 1.29 is 13.7 Å². The van der Waals surface area contributed by atoms with E-state index >= 15 is 0 Å².